The molecule has 0 aliphatic rings. The number of nitrogen functional groups attached to an aromatic ring is 1. The zero-order chi connectivity index (χ0) is 12.7. The third kappa shape index (κ3) is 4.43. The molecule has 1 aromatic carbocycles. The number of nitrogens with two attached hydrogens (primary N) is 1. The minimum absolute atomic E-state index is 0.0470. The van der Waals surface area contributed by atoms with Crippen LogP contribution >= 0.6 is 0 Å². The second kappa shape index (κ2) is 6.38. The van der Waals surface area contributed by atoms with Crippen LogP contribution in [0.15, 0.2) is 18.2 Å². The van der Waals surface area contributed by atoms with E-state index in [-0.39, 0.29) is 5.91 Å². The van der Waals surface area contributed by atoms with Crippen LogP contribution in [0.1, 0.15) is 12.5 Å². The van der Waals surface area contributed by atoms with E-state index in [1.54, 1.807) is 6.07 Å². The van der Waals surface area contributed by atoms with Crippen molar-refractivity contribution in [2.45, 2.75) is 13.3 Å². The van der Waals surface area contributed by atoms with E-state index in [1.807, 2.05) is 12.1 Å². The molecule has 0 atom stereocenters. The number of amides is 1. The fourth-order valence-electron chi connectivity index (χ4n) is 1.40. The second-order valence-corrected chi connectivity index (χ2v) is 3.66. The minimum atomic E-state index is -0.0470. The highest BCUT2D eigenvalue weighted by Gasteiger charge is 2.00. The summed E-state index contributed by atoms with van der Waals surface area (Å²) < 4.78 is 0. The van der Waals surface area contributed by atoms with Crippen LogP contribution in [-0.4, -0.2) is 19.0 Å². The molecule has 0 saturated heterocycles. The smallest absolute Gasteiger partial charge is 0.216 e. The van der Waals surface area contributed by atoms with E-state index < -0.39 is 0 Å². The summed E-state index contributed by atoms with van der Waals surface area (Å²) in [6.45, 7) is 2.68. The Morgan fingerprint density at radius 1 is 1.47 bits per heavy atom. The molecule has 0 saturated carbocycles. The summed E-state index contributed by atoms with van der Waals surface area (Å²) in [5.41, 5.74) is 8.07. The second-order valence-electron chi connectivity index (χ2n) is 3.66. The molecule has 0 fully saturated rings. The van der Waals surface area contributed by atoms with Gasteiger partial charge in [-0.1, -0.05) is 0 Å². The maximum atomic E-state index is 10.6. The quantitative estimate of drug-likeness (QED) is 0.519. The minimum Gasteiger partial charge on any atom is -0.398 e. The van der Waals surface area contributed by atoms with E-state index in [2.05, 4.69) is 16.7 Å². The number of nitrogens with one attached hydrogen (secondary N) is 2. The molecule has 1 amide bonds. The third-order valence-electron chi connectivity index (χ3n) is 2.24. The number of carbonyl (C=O) groups excluding carboxylic acids is 1. The van der Waals surface area contributed by atoms with E-state index >= 15 is 0 Å². The fourth-order valence-corrected chi connectivity index (χ4v) is 1.40. The molecule has 4 N–H and O–H groups in total. The van der Waals surface area contributed by atoms with Gasteiger partial charge in [0.2, 0.25) is 5.91 Å². The van der Waals surface area contributed by atoms with Gasteiger partial charge in [-0.25, -0.2) is 0 Å². The number of rotatable bonds is 5. The largest absolute Gasteiger partial charge is 0.398 e. The van der Waals surface area contributed by atoms with Crippen molar-refractivity contribution in [3.8, 4) is 6.07 Å². The first-order chi connectivity index (χ1) is 8.13. The number of nitrogens with zero attached hydrogens (tertiary/aromatic N) is 1. The Morgan fingerprint density at radius 3 is 2.88 bits per heavy atom. The van der Waals surface area contributed by atoms with Crippen molar-refractivity contribution >= 4 is 17.3 Å². The average molecular weight is 232 g/mol. The number of hydrogen-bond donors (Lipinski definition) is 3. The lowest BCUT2D eigenvalue weighted by Gasteiger charge is -2.09. The van der Waals surface area contributed by atoms with Crippen molar-refractivity contribution in [2.75, 3.05) is 24.1 Å². The Bertz CT molecular complexity index is 437. The lowest BCUT2D eigenvalue weighted by Crippen LogP contribution is -2.26. The summed E-state index contributed by atoms with van der Waals surface area (Å²) >= 11 is 0. The van der Waals surface area contributed by atoms with Crippen LogP contribution in [0, 0.1) is 11.3 Å². The van der Waals surface area contributed by atoms with Crippen LogP contribution in [0.3, 0.4) is 0 Å². The maximum Gasteiger partial charge on any atom is 0.216 e. The van der Waals surface area contributed by atoms with Crippen LogP contribution in [0.25, 0.3) is 0 Å². The van der Waals surface area contributed by atoms with E-state index in [0.29, 0.717) is 25.2 Å². The summed E-state index contributed by atoms with van der Waals surface area (Å²) in [5.74, 6) is -0.0470. The first-order valence-electron chi connectivity index (χ1n) is 5.37. The molecule has 0 heterocycles. The SMILES string of the molecule is CC(=O)NCCNc1ccc(N)c(CC#N)c1. The average Bonchev–Trinajstić information content (AvgIpc) is 2.28. The van der Waals surface area contributed by atoms with Crippen molar-refractivity contribution in [2.24, 2.45) is 0 Å². The van der Waals surface area contributed by atoms with Gasteiger partial charge in [0, 0.05) is 31.4 Å². The highest BCUT2D eigenvalue weighted by Crippen LogP contribution is 2.17. The zero-order valence-corrected chi connectivity index (χ0v) is 9.79. The monoisotopic (exact) mass is 232 g/mol. The van der Waals surface area contributed by atoms with Gasteiger partial charge in [0.05, 0.1) is 12.5 Å². The summed E-state index contributed by atoms with van der Waals surface area (Å²) in [7, 11) is 0. The third-order valence-corrected chi connectivity index (χ3v) is 2.24. The van der Waals surface area contributed by atoms with Crippen molar-refractivity contribution in [1.29, 1.82) is 5.26 Å². The fraction of sp³-hybridized carbons (Fsp3) is 0.333. The molecule has 0 aromatic heterocycles. The van der Waals surface area contributed by atoms with Gasteiger partial charge >= 0.3 is 0 Å². The molecule has 0 aliphatic carbocycles. The van der Waals surface area contributed by atoms with E-state index in [1.165, 1.54) is 6.92 Å². The predicted molar refractivity (Wildman–Crippen MR) is 67.3 cm³/mol. The Balaban J connectivity index is 2.51. The van der Waals surface area contributed by atoms with Crippen molar-refractivity contribution < 1.29 is 4.79 Å². The Kier molecular flexibility index (Phi) is 4.82. The van der Waals surface area contributed by atoms with Gasteiger partial charge < -0.3 is 16.4 Å². The van der Waals surface area contributed by atoms with E-state index in [9.17, 15) is 4.79 Å². The molecule has 5 heteroatoms. The van der Waals surface area contributed by atoms with Crippen molar-refractivity contribution in [3.05, 3.63) is 23.8 Å². The number of hydrogen-bond acceptors (Lipinski definition) is 4. The van der Waals surface area contributed by atoms with Gasteiger partial charge in [-0.15, -0.1) is 0 Å². The lowest BCUT2D eigenvalue weighted by atomic mass is 10.1. The van der Waals surface area contributed by atoms with Gasteiger partial charge in [0.1, 0.15) is 0 Å². The molecule has 17 heavy (non-hydrogen) atoms. The highest BCUT2D eigenvalue weighted by atomic mass is 16.1. The molecule has 5 nitrogen and oxygen atoms in total. The highest BCUT2D eigenvalue weighted by molar-refractivity contribution is 5.72. The van der Waals surface area contributed by atoms with Crippen LogP contribution in [0.4, 0.5) is 11.4 Å². The molecule has 0 aliphatic heterocycles. The molecule has 1 rings (SSSR count). The van der Waals surface area contributed by atoms with E-state index in [4.69, 9.17) is 11.0 Å². The topological polar surface area (TPSA) is 90.9 Å². The molecule has 90 valence electrons. The normalized spacial score (nSPS) is 9.41. The summed E-state index contributed by atoms with van der Waals surface area (Å²) in [6.07, 6.45) is 0.299. The molecule has 1 aromatic rings. The van der Waals surface area contributed by atoms with Crippen molar-refractivity contribution in [1.82, 2.24) is 5.32 Å². The molecular weight excluding hydrogens is 216 g/mol. The molecule has 0 radical (unpaired) electrons. The van der Waals surface area contributed by atoms with Gasteiger partial charge in [-0.2, -0.15) is 5.26 Å². The van der Waals surface area contributed by atoms with Crippen LogP contribution in [0.5, 0.6) is 0 Å². The van der Waals surface area contributed by atoms with Crippen LogP contribution < -0.4 is 16.4 Å². The molecule has 0 spiro atoms. The number of anilines is 2. The van der Waals surface area contributed by atoms with E-state index in [0.717, 1.165) is 11.3 Å². The van der Waals surface area contributed by atoms with Gasteiger partial charge in [-0.05, 0) is 23.8 Å². The molecule has 0 unspecified atom stereocenters. The van der Waals surface area contributed by atoms with Gasteiger partial charge in [0.25, 0.3) is 0 Å². The Labute approximate surface area is 101 Å². The number of benzene rings is 1. The number of nitriles is 1. The predicted octanol–water partition coefficient (Wildman–Crippen LogP) is 0.883. The first-order valence-corrected chi connectivity index (χ1v) is 5.37. The summed E-state index contributed by atoms with van der Waals surface area (Å²) in [5, 5.41) is 14.5. The lowest BCUT2D eigenvalue weighted by molar-refractivity contribution is -0.118. The maximum absolute atomic E-state index is 10.6. The Hall–Kier alpha value is -2.22. The standard InChI is InChI=1S/C12H16N4O/c1-9(17)15-6-7-16-11-2-3-12(14)10(8-11)4-5-13/h2-3,8,16H,4,6-7,14H2,1H3,(H,15,17). The summed E-state index contributed by atoms with van der Waals surface area (Å²) in [6, 6.07) is 7.55. The zero-order valence-electron chi connectivity index (χ0n) is 9.79. The first kappa shape index (κ1) is 12.8. The molecular formula is C12H16N4O. The summed E-state index contributed by atoms with van der Waals surface area (Å²) in [4.78, 5) is 10.6. The number of carbonyl (C=O) groups is 1. The van der Waals surface area contributed by atoms with Crippen LogP contribution in [-0.2, 0) is 11.2 Å². The van der Waals surface area contributed by atoms with Gasteiger partial charge in [0.15, 0.2) is 0 Å². The van der Waals surface area contributed by atoms with Crippen LogP contribution in [0.2, 0.25) is 0 Å². The molecule has 0 bridgehead atoms. The Morgan fingerprint density at radius 2 is 2.24 bits per heavy atom. The van der Waals surface area contributed by atoms with Crippen molar-refractivity contribution in [3.63, 3.8) is 0 Å². The van der Waals surface area contributed by atoms with Gasteiger partial charge in [-0.3, -0.25) is 4.79 Å².